The van der Waals surface area contributed by atoms with Crippen LogP contribution >= 0.6 is 0 Å². The Balaban J connectivity index is 3.08. The summed E-state index contributed by atoms with van der Waals surface area (Å²) in [6.07, 6.45) is -0.395. The van der Waals surface area contributed by atoms with E-state index in [1.54, 1.807) is 6.92 Å². The molecule has 0 aliphatic heterocycles. The number of nitrogens with one attached hydrogen (secondary N) is 1. The Morgan fingerprint density at radius 1 is 1.50 bits per heavy atom. The van der Waals surface area contributed by atoms with Crippen molar-refractivity contribution in [3.8, 4) is 5.75 Å². The maximum Gasteiger partial charge on any atom is 0.273 e. The summed E-state index contributed by atoms with van der Waals surface area (Å²) < 4.78 is 31.2. The number of benzene rings is 1. The summed E-state index contributed by atoms with van der Waals surface area (Å²) in [6.45, 7) is 1.57. The van der Waals surface area contributed by atoms with Crippen LogP contribution in [0.2, 0.25) is 0 Å². The van der Waals surface area contributed by atoms with Gasteiger partial charge in [-0.3, -0.25) is 10.1 Å². The van der Waals surface area contributed by atoms with Crippen LogP contribution in [0.3, 0.4) is 0 Å². The molecule has 0 aliphatic carbocycles. The van der Waals surface area contributed by atoms with Gasteiger partial charge in [0.25, 0.3) is 5.69 Å². The van der Waals surface area contributed by atoms with Crippen LogP contribution in [-0.4, -0.2) is 38.2 Å². The van der Waals surface area contributed by atoms with Gasteiger partial charge in [0, 0.05) is 12.6 Å². The van der Waals surface area contributed by atoms with Gasteiger partial charge in [-0.1, -0.05) is 6.92 Å². The summed E-state index contributed by atoms with van der Waals surface area (Å²) in [5, 5.41) is 20.0. The van der Waals surface area contributed by atoms with Crippen molar-refractivity contribution in [3.05, 3.63) is 28.3 Å². The zero-order valence-corrected chi connectivity index (χ0v) is 11.9. The van der Waals surface area contributed by atoms with Crippen molar-refractivity contribution < 1.29 is 23.2 Å². The Kier molecular flexibility index (Phi) is 5.43. The zero-order chi connectivity index (χ0) is 15.3. The number of aliphatic hydroxyl groups is 1. The Hall–Kier alpha value is -1.71. The van der Waals surface area contributed by atoms with Crippen LogP contribution in [0, 0.1) is 10.1 Å². The molecule has 0 aliphatic rings. The lowest BCUT2D eigenvalue weighted by molar-refractivity contribution is -0.385. The lowest BCUT2D eigenvalue weighted by atomic mass is 10.3. The highest BCUT2D eigenvalue weighted by Crippen LogP contribution is 2.28. The van der Waals surface area contributed by atoms with Gasteiger partial charge in [-0.25, -0.2) is 13.1 Å². The number of nitro groups is 1. The van der Waals surface area contributed by atoms with Gasteiger partial charge in [0.15, 0.2) is 0 Å². The number of hydrogen-bond donors (Lipinski definition) is 2. The molecule has 20 heavy (non-hydrogen) atoms. The first kappa shape index (κ1) is 16.3. The third-order valence-electron chi connectivity index (χ3n) is 2.63. The predicted octanol–water partition coefficient (Wildman–Crippen LogP) is 0.653. The third kappa shape index (κ3) is 3.89. The SMILES string of the molecule is CCC(O)CNS(=O)(=O)c1ccc([N+](=O)[O-])cc1OC. The maximum absolute atomic E-state index is 12.0. The number of rotatable bonds is 7. The fourth-order valence-corrected chi connectivity index (χ4v) is 2.64. The largest absolute Gasteiger partial charge is 0.495 e. The Morgan fingerprint density at radius 3 is 2.65 bits per heavy atom. The van der Waals surface area contributed by atoms with Crippen molar-refractivity contribution in [3.63, 3.8) is 0 Å². The van der Waals surface area contributed by atoms with Crippen molar-refractivity contribution in [1.82, 2.24) is 4.72 Å². The minimum atomic E-state index is -3.91. The van der Waals surface area contributed by atoms with Crippen LogP contribution in [0.1, 0.15) is 13.3 Å². The molecule has 8 nitrogen and oxygen atoms in total. The molecule has 0 saturated heterocycles. The van der Waals surface area contributed by atoms with E-state index in [9.17, 15) is 23.6 Å². The van der Waals surface area contributed by atoms with Gasteiger partial charge < -0.3 is 9.84 Å². The zero-order valence-electron chi connectivity index (χ0n) is 11.1. The van der Waals surface area contributed by atoms with Crippen molar-refractivity contribution in [2.45, 2.75) is 24.3 Å². The van der Waals surface area contributed by atoms with E-state index in [0.717, 1.165) is 18.2 Å². The number of hydrogen-bond acceptors (Lipinski definition) is 6. The number of non-ortho nitro benzene ring substituents is 1. The van der Waals surface area contributed by atoms with E-state index in [1.165, 1.54) is 7.11 Å². The van der Waals surface area contributed by atoms with E-state index in [2.05, 4.69) is 4.72 Å². The van der Waals surface area contributed by atoms with Crippen LogP contribution in [0.25, 0.3) is 0 Å². The average Bonchev–Trinajstić information content (AvgIpc) is 2.43. The van der Waals surface area contributed by atoms with Crippen LogP contribution in [0.4, 0.5) is 5.69 Å². The molecule has 0 amide bonds. The van der Waals surface area contributed by atoms with Crippen molar-refractivity contribution >= 4 is 15.7 Å². The van der Waals surface area contributed by atoms with Crippen LogP contribution in [-0.2, 0) is 10.0 Å². The normalized spacial score (nSPS) is 12.9. The summed E-state index contributed by atoms with van der Waals surface area (Å²) in [4.78, 5) is 9.78. The first-order chi connectivity index (χ1) is 9.31. The number of nitro benzene ring substituents is 1. The lowest BCUT2D eigenvalue weighted by Gasteiger charge is -2.12. The summed E-state index contributed by atoms with van der Waals surface area (Å²) in [7, 11) is -2.69. The molecule has 0 spiro atoms. The van der Waals surface area contributed by atoms with Crippen LogP contribution in [0.5, 0.6) is 5.75 Å². The highest BCUT2D eigenvalue weighted by molar-refractivity contribution is 7.89. The minimum absolute atomic E-state index is 0.127. The van der Waals surface area contributed by atoms with Gasteiger partial charge in [0.1, 0.15) is 10.6 Å². The summed E-state index contributed by atoms with van der Waals surface area (Å²) in [6, 6.07) is 3.20. The molecule has 112 valence electrons. The highest BCUT2D eigenvalue weighted by atomic mass is 32.2. The number of sulfonamides is 1. The number of nitrogens with zero attached hydrogens (tertiary/aromatic N) is 1. The van der Waals surface area contributed by atoms with E-state index < -0.39 is 21.1 Å². The molecule has 0 bridgehead atoms. The molecule has 1 aromatic carbocycles. The van der Waals surface area contributed by atoms with Crippen molar-refractivity contribution in [1.29, 1.82) is 0 Å². The lowest BCUT2D eigenvalue weighted by Crippen LogP contribution is -2.32. The fraction of sp³-hybridized carbons (Fsp3) is 0.455. The predicted molar refractivity (Wildman–Crippen MR) is 71.1 cm³/mol. The second-order valence-electron chi connectivity index (χ2n) is 4.01. The van der Waals surface area contributed by atoms with E-state index in [4.69, 9.17) is 4.74 Å². The van der Waals surface area contributed by atoms with E-state index in [1.807, 2.05) is 0 Å². The second kappa shape index (κ2) is 6.64. The molecule has 0 radical (unpaired) electrons. The summed E-state index contributed by atoms with van der Waals surface area (Å²) in [5.41, 5.74) is -0.269. The summed E-state index contributed by atoms with van der Waals surface area (Å²) in [5.74, 6) is -0.127. The van der Waals surface area contributed by atoms with Gasteiger partial charge in [-0.2, -0.15) is 0 Å². The topological polar surface area (TPSA) is 119 Å². The Morgan fingerprint density at radius 2 is 2.15 bits per heavy atom. The highest BCUT2D eigenvalue weighted by Gasteiger charge is 2.22. The van der Waals surface area contributed by atoms with Gasteiger partial charge in [-0.15, -0.1) is 0 Å². The molecular weight excluding hydrogens is 288 g/mol. The van der Waals surface area contributed by atoms with Gasteiger partial charge in [0.2, 0.25) is 10.0 Å². The summed E-state index contributed by atoms with van der Waals surface area (Å²) >= 11 is 0. The van der Waals surface area contributed by atoms with E-state index >= 15 is 0 Å². The molecule has 1 aromatic rings. The third-order valence-corrected chi connectivity index (χ3v) is 4.09. The first-order valence-corrected chi connectivity index (χ1v) is 7.30. The molecule has 2 N–H and O–H groups in total. The minimum Gasteiger partial charge on any atom is -0.495 e. The molecule has 0 heterocycles. The number of methoxy groups -OCH3 is 1. The number of aliphatic hydroxyl groups excluding tert-OH is 1. The van der Waals surface area contributed by atoms with Gasteiger partial charge >= 0.3 is 0 Å². The Labute approximate surface area is 116 Å². The molecule has 1 atom stereocenters. The standard InChI is InChI=1S/C11H16N2O6S/c1-3-9(14)7-12-20(17,18)11-5-4-8(13(15)16)6-10(11)19-2/h4-6,9,12,14H,3,7H2,1-2H3. The van der Waals surface area contributed by atoms with E-state index in [0.29, 0.717) is 6.42 Å². The molecule has 0 aromatic heterocycles. The first-order valence-electron chi connectivity index (χ1n) is 5.82. The van der Waals surface area contributed by atoms with Gasteiger partial charge in [-0.05, 0) is 12.5 Å². The quantitative estimate of drug-likeness (QED) is 0.564. The van der Waals surface area contributed by atoms with Crippen molar-refractivity contribution in [2.75, 3.05) is 13.7 Å². The Bertz CT molecular complexity index is 587. The molecule has 1 rings (SSSR count). The molecule has 9 heteroatoms. The average molecular weight is 304 g/mol. The molecule has 1 unspecified atom stereocenters. The molecule has 0 fully saturated rings. The van der Waals surface area contributed by atoms with E-state index in [-0.39, 0.29) is 22.9 Å². The second-order valence-corrected chi connectivity index (χ2v) is 5.74. The number of ether oxygens (including phenoxy) is 1. The monoisotopic (exact) mass is 304 g/mol. The van der Waals surface area contributed by atoms with Crippen LogP contribution in [0.15, 0.2) is 23.1 Å². The van der Waals surface area contributed by atoms with Crippen LogP contribution < -0.4 is 9.46 Å². The van der Waals surface area contributed by atoms with Gasteiger partial charge in [0.05, 0.1) is 24.2 Å². The maximum atomic E-state index is 12.0. The molecular formula is C11H16N2O6S. The fourth-order valence-electron chi connectivity index (χ4n) is 1.42. The smallest absolute Gasteiger partial charge is 0.273 e. The van der Waals surface area contributed by atoms with Crippen molar-refractivity contribution in [2.24, 2.45) is 0 Å². The molecule has 0 saturated carbocycles.